The zero-order chi connectivity index (χ0) is 18.8. The summed E-state index contributed by atoms with van der Waals surface area (Å²) in [7, 11) is 0. The Hall–Kier alpha value is -3.02. The lowest BCUT2D eigenvalue weighted by Crippen LogP contribution is -2.08. The van der Waals surface area contributed by atoms with Gasteiger partial charge in [0.25, 0.3) is 0 Å². The van der Waals surface area contributed by atoms with Gasteiger partial charge in [-0.2, -0.15) is 0 Å². The summed E-state index contributed by atoms with van der Waals surface area (Å²) in [5.74, 6) is 0.649. The molecule has 0 aliphatic carbocycles. The van der Waals surface area contributed by atoms with Gasteiger partial charge in [-0.1, -0.05) is 23.2 Å². The molecule has 4 rings (SSSR count). The van der Waals surface area contributed by atoms with Gasteiger partial charge in [0.05, 0.1) is 17.0 Å². The Bertz CT molecular complexity index is 1150. The van der Waals surface area contributed by atoms with Gasteiger partial charge >= 0.3 is 0 Å². The van der Waals surface area contributed by atoms with E-state index in [4.69, 9.17) is 32.0 Å². The molecule has 5 nitrogen and oxygen atoms in total. The second kappa shape index (κ2) is 7.31. The molecule has 0 fully saturated rings. The Morgan fingerprint density at radius 2 is 2.00 bits per heavy atom. The third-order valence-electron chi connectivity index (χ3n) is 3.76. The Morgan fingerprint density at radius 1 is 1.11 bits per heavy atom. The van der Waals surface area contributed by atoms with E-state index in [0.29, 0.717) is 44.0 Å². The minimum atomic E-state index is -0.338. The van der Waals surface area contributed by atoms with Crippen LogP contribution < -0.4 is 5.32 Å². The Balaban J connectivity index is 1.59. The van der Waals surface area contributed by atoms with Gasteiger partial charge in [-0.3, -0.25) is 4.79 Å². The van der Waals surface area contributed by atoms with Gasteiger partial charge in [-0.05, 0) is 54.6 Å². The number of aromatic nitrogens is 1. The van der Waals surface area contributed by atoms with Gasteiger partial charge in [0.15, 0.2) is 5.58 Å². The van der Waals surface area contributed by atoms with Crippen LogP contribution in [0.5, 0.6) is 0 Å². The topological polar surface area (TPSA) is 68.3 Å². The molecule has 0 unspecified atom stereocenters. The summed E-state index contributed by atoms with van der Waals surface area (Å²) in [6.07, 6.45) is 4.46. The summed E-state index contributed by atoms with van der Waals surface area (Å²) in [6, 6.07) is 13.8. The highest BCUT2D eigenvalue weighted by molar-refractivity contribution is 6.34. The molecule has 4 aromatic rings. The number of carbonyl (C=O) groups is 1. The van der Waals surface area contributed by atoms with E-state index in [2.05, 4.69) is 10.3 Å². The van der Waals surface area contributed by atoms with Crippen LogP contribution in [-0.4, -0.2) is 10.9 Å². The summed E-state index contributed by atoms with van der Waals surface area (Å²) >= 11 is 12.2. The molecule has 2 aromatic heterocycles. The van der Waals surface area contributed by atoms with Crippen molar-refractivity contribution < 1.29 is 13.6 Å². The zero-order valence-electron chi connectivity index (χ0n) is 13.8. The number of anilines is 1. The van der Waals surface area contributed by atoms with Crippen LogP contribution in [0.25, 0.3) is 28.6 Å². The van der Waals surface area contributed by atoms with E-state index in [9.17, 15) is 4.79 Å². The average Bonchev–Trinajstić information content (AvgIpc) is 3.31. The minimum absolute atomic E-state index is 0.338. The number of amides is 1. The lowest BCUT2D eigenvalue weighted by Gasteiger charge is -2.06. The molecule has 2 aromatic carbocycles. The maximum atomic E-state index is 12.1. The first-order chi connectivity index (χ1) is 13.1. The average molecular weight is 399 g/mol. The summed E-state index contributed by atoms with van der Waals surface area (Å²) in [5.41, 5.74) is 2.40. The van der Waals surface area contributed by atoms with Crippen molar-refractivity contribution in [2.75, 3.05) is 5.32 Å². The molecule has 134 valence electrons. The van der Waals surface area contributed by atoms with Crippen molar-refractivity contribution in [2.24, 2.45) is 0 Å². The maximum absolute atomic E-state index is 12.1. The number of nitrogens with one attached hydrogen (secondary N) is 1. The molecule has 7 heteroatoms. The van der Waals surface area contributed by atoms with Crippen LogP contribution in [-0.2, 0) is 4.79 Å². The van der Waals surface area contributed by atoms with Crippen LogP contribution in [0.3, 0.4) is 0 Å². The van der Waals surface area contributed by atoms with Crippen LogP contribution >= 0.6 is 23.2 Å². The lowest BCUT2D eigenvalue weighted by molar-refractivity contribution is -0.111. The fourth-order valence-electron chi connectivity index (χ4n) is 2.50. The number of halogens is 2. The third kappa shape index (κ3) is 3.89. The number of carbonyl (C=O) groups excluding carboxylic acids is 1. The number of furan rings is 1. The molecule has 2 heterocycles. The molecule has 0 spiro atoms. The van der Waals surface area contributed by atoms with E-state index in [1.807, 2.05) is 0 Å². The van der Waals surface area contributed by atoms with Gasteiger partial charge in [0, 0.05) is 16.7 Å². The Labute approximate surface area is 164 Å². The standard InChI is InChI=1S/C20H12Cl2N2O3/c21-13-4-7-18-17(11-13)24-20(27-18)12-3-6-15(22)16(10-12)23-19(25)8-5-14-2-1-9-26-14/h1-11H,(H,23,25)/b8-5+. The van der Waals surface area contributed by atoms with Crippen molar-refractivity contribution in [3.63, 3.8) is 0 Å². The molecule has 0 bridgehead atoms. The Morgan fingerprint density at radius 3 is 2.81 bits per heavy atom. The number of benzene rings is 2. The SMILES string of the molecule is O=C(/C=C/c1ccco1)Nc1cc(-c2nc3cc(Cl)ccc3o2)ccc1Cl. The highest BCUT2D eigenvalue weighted by Crippen LogP contribution is 2.31. The smallest absolute Gasteiger partial charge is 0.248 e. The molecule has 1 N–H and O–H groups in total. The number of nitrogens with zero attached hydrogens (tertiary/aromatic N) is 1. The number of hydrogen-bond acceptors (Lipinski definition) is 4. The van der Waals surface area contributed by atoms with E-state index in [1.54, 1.807) is 54.6 Å². The number of oxazole rings is 1. The first-order valence-electron chi connectivity index (χ1n) is 7.97. The van der Waals surface area contributed by atoms with Crippen LogP contribution in [0.1, 0.15) is 5.76 Å². The van der Waals surface area contributed by atoms with Gasteiger partial charge in [-0.15, -0.1) is 0 Å². The zero-order valence-corrected chi connectivity index (χ0v) is 15.3. The molecular weight excluding hydrogens is 387 g/mol. The van der Waals surface area contributed by atoms with Crippen molar-refractivity contribution in [3.8, 4) is 11.5 Å². The second-order valence-corrected chi connectivity index (χ2v) is 6.51. The van der Waals surface area contributed by atoms with Crippen LogP contribution in [0.15, 0.2) is 69.7 Å². The summed E-state index contributed by atoms with van der Waals surface area (Å²) in [4.78, 5) is 16.6. The molecule has 1 amide bonds. The van der Waals surface area contributed by atoms with Crippen molar-refractivity contribution in [3.05, 3.63) is 76.7 Å². The van der Waals surface area contributed by atoms with Gasteiger partial charge in [0.2, 0.25) is 11.8 Å². The highest BCUT2D eigenvalue weighted by atomic mass is 35.5. The van der Waals surface area contributed by atoms with E-state index in [1.165, 1.54) is 12.3 Å². The largest absolute Gasteiger partial charge is 0.465 e. The van der Waals surface area contributed by atoms with Crippen molar-refractivity contribution in [2.45, 2.75) is 0 Å². The molecule has 0 radical (unpaired) electrons. The molecular formula is C20H12Cl2N2O3. The summed E-state index contributed by atoms with van der Waals surface area (Å²) < 4.78 is 10.9. The molecule has 0 saturated carbocycles. The number of rotatable bonds is 4. The first kappa shape index (κ1) is 17.4. The van der Waals surface area contributed by atoms with Crippen molar-refractivity contribution >= 4 is 52.0 Å². The Kier molecular flexibility index (Phi) is 4.71. The second-order valence-electron chi connectivity index (χ2n) is 5.66. The van der Waals surface area contributed by atoms with E-state index in [-0.39, 0.29) is 5.91 Å². The predicted octanol–water partition coefficient (Wildman–Crippen LogP) is 6.05. The van der Waals surface area contributed by atoms with Crippen LogP contribution in [0.4, 0.5) is 5.69 Å². The summed E-state index contributed by atoms with van der Waals surface area (Å²) in [6.45, 7) is 0. The fraction of sp³-hybridized carbons (Fsp3) is 0. The van der Waals surface area contributed by atoms with Crippen molar-refractivity contribution in [1.29, 1.82) is 0 Å². The maximum Gasteiger partial charge on any atom is 0.248 e. The molecule has 0 atom stereocenters. The molecule has 0 saturated heterocycles. The molecule has 0 aliphatic rings. The highest BCUT2D eigenvalue weighted by Gasteiger charge is 2.12. The number of hydrogen-bond donors (Lipinski definition) is 1. The first-order valence-corrected chi connectivity index (χ1v) is 8.73. The third-order valence-corrected chi connectivity index (χ3v) is 4.33. The number of fused-ring (bicyclic) bond motifs is 1. The van der Waals surface area contributed by atoms with Gasteiger partial charge < -0.3 is 14.2 Å². The van der Waals surface area contributed by atoms with Crippen molar-refractivity contribution in [1.82, 2.24) is 4.98 Å². The lowest BCUT2D eigenvalue weighted by atomic mass is 10.2. The van der Waals surface area contributed by atoms with E-state index < -0.39 is 0 Å². The van der Waals surface area contributed by atoms with Gasteiger partial charge in [0.1, 0.15) is 11.3 Å². The van der Waals surface area contributed by atoms with Gasteiger partial charge in [-0.25, -0.2) is 4.98 Å². The van der Waals surface area contributed by atoms with Crippen LogP contribution in [0, 0.1) is 0 Å². The predicted molar refractivity (Wildman–Crippen MR) is 106 cm³/mol. The van der Waals surface area contributed by atoms with E-state index in [0.717, 1.165) is 0 Å². The fourth-order valence-corrected chi connectivity index (χ4v) is 2.83. The quantitative estimate of drug-likeness (QED) is 0.425. The molecule has 0 aliphatic heterocycles. The molecule has 27 heavy (non-hydrogen) atoms. The van der Waals surface area contributed by atoms with E-state index >= 15 is 0 Å². The van der Waals surface area contributed by atoms with Crippen LogP contribution in [0.2, 0.25) is 10.0 Å². The summed E-state index contributed by atoms with van der Waals surface area (Å²) in [5, 5.41) is 3.71. The normalized spacial score (nSPS) is 11.3. The minimum Gasteiger partial charge on any atom is -0.465 e. The monoisotopic (exact) mass is 398 g/mol.